The van der Waals surface area contributed by atoms with Gasteiger partial charge in [0.15, 0.2) is 9.84 Å². The van der Waals surface area contributed by atoms with Crippen molar-refractivity contribution in [2.24, 2.45) is 5.73 Å². The number of rotatable bonds is 9. The van der Waals surface area contributed by atoms with Gasteiger partial charge in [0, 0.05) is 19.8 Å². The average molecular weight is 394 g/mol. The zero-order chi connectivity index (χ0) is 18.2. The normalized spacial score (nSPS) is 10.5. The number of halogens is 1. The first-order chi connectivity index (χ1) is 11.2. The van der Waals surface area contributed by atoms with Crippen LogP contribution in [0.5, 0.6) is 5.75 Å². The molecule has 0 radical (unpaired) electrons. The van der Waals surface area contributed by atoms with E-state index in [0.717, 1.165) is 6.26 Å². The summed E-state index contributed by atoms with van der Waals surface area (Å²) in [4.78, 5) is 24.4. The first-order valence-corrected chi connectivity index (χ1v) is 9.27. The standard InChI is InChI=1S/C15H23N3O5S.ClH/c1-18(15(20)11-17-14(19)10-16)8-3-9-23-12-4-6-13(7-5-12)24(2,21)22;/h4-7H,3,8-11,16H2,1-2H3,(H,17,19);1H. The van der Waals surface area contributed by atoms with Crippen molar-refractivity contribution in [2.45, 2.75) is 11.3 Å². The number of nitrogens with zero attached hydrogens (tertiary/aromatic N) is 1. The number of ether oxygens (including phenoxy) is 1. The summed E-state index contributed by atoms with van der Waals surface area (Å²) >= 11 is 0. The highest BCUT2D eigenvalue weighted by atomic mass is 35.5. The fraction of sp³-hybridized carbons (Fsp3) is 0.467. The largest absolute Gasteiger partial charge is 0.494 e. The molecule has 0 unspecified atom stereocenters. The molecule has 0 bridgehead atoms. The summed E-state index contributed by atoms with van der Waals surface area (Å²) < 4.78 is 28.2. The zero-order valence-electron chi connectivity index (χ0n) is 14.2. The van der Waals surface area contributed by atoms with Crippen LogP contribution in [0.4, 0.5) is 0 Å². The Morgan fingerprint density at radius 1 is 1.24 bits per heavy atom. The molecule has 0 saturated carbocycles. The van der Waals surface area contributed by atoms with Gasteiger partial charge < -0.3 is 20.7 Å². The molecule has 8 nitrogen and oxygen atoms in total. The van der Waals surface area contributed by atoms with Gasteiger partial charge in [-0.2, -0.15) is 0 Å². The van der Waals surface area contributed by atoms with E-state index in [-0.39, 0.29) is 42.2 Å². The van der Waals surface area contributed by atoms with Crippen molar-refractivity contribution in [3.63, 3.8) is 0 Å². The fourth-order valence-electron chi connectivity index (χ4n) is 1.78. The van der Waals surface area contributed by atoms with E-state index in [2.05, 4.69) is 5.32 Å². The third-order valence-electron chi connectivity index (χ3n) is 3.21. The van der Waals surface area contributed by atoms with Gasteiger partial charge in [0.1, 0.15) is 5.75 Å². The third-order valence-corrected chi connectivity index (χ3v) is 4.33. The van der Waals surface area contributed by atoms with Gasteiger partial charge in [0.25, 0.3) is 0 Å². The van der Waals surface area contributed by atoms with E-state index in [0.29, 0.717) is 25.3 Å². The Kier molecular flexibility index (Phi) is 10.1. The van der Waals surface area contributed by atoms with E-state index in [1.165, 1.54) is 17.0 Å². The summed E-state index contributed by atoms with van der Waals surface area (Å²) in [5.41, 5.74) is 5.13. The Morgan fingerprint density at radius 2 is 1.84 bits per heavy atom. The van der Waals surface area contributed by atoms with Crippen molar-refractivity contribution in [1.29, 1.82) is 0 Å². The molecule has 0 heterocycles. The number of hydrogen-bond acceptors (Lipinski definition) is 6. The quantitative estimate of drug-likeness (QED) is 0.561. The smallest absolute Gasteiger partial charge is 0.241 e. The van der Waals surface area contributed by atoms with Crippen LogP contribution < -0.4 is 15.8 Å². The molecule has 142 valence electrons. The summed E-state index contributed by atoms with van der Waals surface area (Å²) in [6.07, 6.45) is 1.74. The first kappa shape index (κ1) is 23.2. The second-order valence-corrected chi connectivity index (χ2v) is 7.26. The van der Waals surface area contributed by atoms with Crippen LogP contribution in [0.1, 0.15) is 6.42 Å². The molecule has 25 heavy (non-hydrogen) atoms. The number of likely N-dealkylation sites (N-methyl/N-ethyl adjacent to an activating group) is 1. The van der Waals surface area contributed by atoms with E-state index in [1.807, 2.05) is 0 Å². The maximum absolute atomic E-state index is 11.7. The highest BCUT2D eigenvalue weighted by molar-refractivity contribution is 7.90. The predicted octanol–water partition coefficient (Wildman–Crippen LogP) is -0.186. The lowest BCUT2D eigenvalue weighted by Gasteiger charge is -2.17. The van der Waals surface area contributed by atoms with Crippen LogP contribution in [0.2, 0.25) is 0 Å². The van der Waals surface area contributed by atoms with Gasteiger partial charge >= 0.3 is 0 Å². The molecule has 2 amide bonds. The Hall–Kier alpha value is -1.84. The molecule has 10 heteroatoms. The monoisotopic (exact) mass is 393 g/mol. The number of carbonyl (C=O) groups excluding carboxylic acids is 2. The van der Waals surface area contributed by atoms with E-state index in [4.69, 9.17) is 10.5 Å². The molecule has 0 aliphatic carbocycles. The molecule has 0 aliphatic rings. The number of nitrogens with two attached hydrogens (primary N) is 1. The van der Waals surface area contributed by atoms with Crippen molar-refractivity contribution >= 4 is 34.1 Å². The summed E-state index contributed by atoms with van der Waals surface area (Å²) in [6.45, 7) is 0.618. The van der Waals surface area contributed by atoms with Gasteiger partial charge in [-0.05, 0) is 30.7 Å². The lowest BCUT2D eigenvalue weighted by Crippen LogP contribution is -2.40. The zero-order valence-corrected chi connectivity index (χ0v) is 15.9. The molecule has 0 fully saturated rings. The second-order valence-electron chi connectivity index (χ2n) is 5.24. The molecule has 0 spiro atoms. The lowest BCUT2D eigenvalue weighted by molar-refractivity contribution is -0.131. The molecule has 1 aromatic carbocycles. The van der Waals surface area contributed by atoms with Crippen LogP contribution in [-0.4, -0.2) is 64.7 Å². The van der Waals surface area contributed by atoms with Crippen LogP contribution in [0, 0.1) is 0 Å². The van der Waals surface area contributed by atoms with Crippen molar-refractivity contribution in [1.82, 2.24) is 10.2 Å². The highest BCUT2D eigenvalue weighted by Gasteiger charge is 2.10. The Balaban J connectivity index is 0.00000576. The molecule has 0 atom stereocenters. The number of hydrogen-bond donors (Lipinski definition) is 2. The van der Waals surface area contributed by atoms with E-state index < -0.39 is 9.84 Å². The van der Waals surface area contributed by atoms with E-state index >= 15 is 0 Å². The van der Waals surface area contributed by atoms with E-state index in [9.17, 15) is 18.0 Å². The highest BCUT2D eigenvalue weighted by Crippen LogP contribution is 2.15. The van der Waals surface area contributed by atoms with Crippen molar-refractivity contribution in [3.8, 4) is 5.75 Å². The van der Waals surface area contributed by atoms with Crippen LogP contribution in [0.15, 0.2) is 29.2 Å². The van der Waals surface area contributed by atoms with E-state index in [1.54, 1.807) is 19.2 Å². The number of benzene rings is 1. The van der Waals surface area contributed by atoms with Crippen LogP contribution in [-0.2, 0) is 19.4 Å². The fourth-order valence-corrected chi connectivity index (χ4v) is 2.41. The number of sulfone groups is 1. The van der Waals surface area contributed by atoms with Gasteiger partial charge in [-0.1, -0.05) is 0 Å². The maximum Gasteiger partial charge on any atom is 0.241 e. The maximum atomic E-state index is 11.7. The summed E-state index contributed by atoms with van der Waals surface area (Å²) in [6, 6.07) is 6.15. The molecule has 1 rings (SSSR count). The first-order valence-electron chi connectivity index (χ1n) is 7.37. The minimum atomic E-state index is -3.22. The molecule has 1 aromatic rings. The molecule has 0 aromatic heterocycles. The van der Waals surface area contributed by atoms with Gasteiger partial charge in [-0.3, -0.25) is 9.59 Å². The van der Waals surface area contributed by atoms with Crippen molar-refractivity contribution in [2.75, 3.05) is 39.5 Å². The average Bonchev–Trinajstić information content (AvgIpc) is 2.55. The molecular weight excluding hydrogens is 370 g/mol. The molecule has 0 aliphatic heterocycles. The molecule has 0 saturated heterocycles. The van der Waals surface area contributed by atoms with Crippen molar-refractivity contribution < 1.29 is 22.7 Å². The Bertz CT molecular complexity index is 664. The van der Waals surface area contributed by atoms with Gasteiger partial charge in [-0.15, -0.1) is 12.4 Å². The lowest BCUT2D eigenvalue weighted by atomic mass is 10.3. The number of nitrogens with one attached hydrogen (secondary N) is 1. The topological polar surface area (TPSA) is 119 Å². The minimum Gasteiger partial charge on any atom is -0.494 e. The summed E-state index contributed by atoms with van der Waals surface area (Å²) in [7, 11) is -1.58. The third kappa shape index (κ3) is 8.71. The van der Waals surface area contributed by atoms with Crippen LogP contribution >= 0.6 is 12.4 Å². The molecular formula is C15H24ClN3O5S. The predicted molar refractivity (Wildman–Crippen MR) is 96.6 cm³/mol. The van der Waals surface area contributed by atoms with Gasteiger partial charge in [0.05, 0.1) is 24.6 Å². The number of carbonyl (C=O) groups is 2. The summed E-state index contributed by atoms with van der Waals surface area (Å²) in [5.74, 6) is -0.0292. The summed E-state index contributed by atoms with van der Waals surface area (Å²) in [5, 5.41) is 2.41. The van der Waals surface area contributed by atoms with Gasteiger partial charge in [-0.25, -0.2) is 8.42 Å². The Morgan fingerprint density at radius 3 is 2.36 bits per heavy atom. The second kappa shape index (κ2) is 10.9. The minimum absolute atomic E-state index is 0. The molecule has 3 N–H and O–H groups in total. The van der Waals surface area contributed by atoms with Crippen LogP contribution in [0.25, 0.3) is 0 Å². The number of amides is 2. The van der Waals surface area contributed by atoms with Crippen LogP contribution in [0.3, 0.4) is 0 Å². The van der Waals surface area contributed by atoms with Crippen molar-refractivity contribution in [3.05, 3.63) is 24.3 Å². The Labute approximate surface area is 154 Å². The SMILES string of the molecule is CN(CCCOc1ccc(S(C)(=O)=O)cc1)C(=O)CNC(=O)CN.Cl. The van der Waals surface area contributed by atoms with Gasteiger partial charge in [0.2, 0.25) is 11.8 Å².